The van der Waals surface area contributed by atoms with Gasteiger partial charge in [-0.1, -0.05) is 0 Å². The summed E-state index contributed by atoms with van der Waals surface area (Å²) in [7, 11) is 0. The molecule has 1 N–H and O–H groups in total. The molecule has 0 fully saturated rings. The molecule has 0 amide bonds. The van der Waals surface area contributed by atoms with Crippen LogP contribution in [0.25, 0.3) is 0 Å². The summed E-state index contributed by atoms with van der Waals surface area (Å²) >= 11 is 0. The maximum absolute atomic E-state index is 12.8. The number of hydrogen-bond donors (Lipinski definition) is 1. The van der Waals surface area contributed by atoms with Crippen molar-refractivity contribution in [2.75, 3.05) is 0 Å². The lowest BCUT2D eigenvalue weighted by Gasteiger charge is -2.39. The van der Waals surface area contributed by atoms with Gasteiger partial charge in [0.25, 0.3) is 0 Å². The Balaban J connectivity index is 6.47. The van der Waals surface area contributed by atoms with Gasteiger partial charge in [0.1, 0.15) is 0 Å². The molecule has 0 saturated heterocycles. The third-order valence-electron chi connectivity index (χ3n) is 2.40. The summed E-state index contributed by atoms with van der Waals surface area (Å²) in [6.07, 6.45) is -11.5. The van der Waals surface area contributed by atoms with Gasteiger partial charge in [-0.3, -0.25) is 0 Å². The SMILES string of the molecule is OC(F)(F)C(F)(F)C(F)(F)C(F)(F)C(F)(F)C(F)(F)C(F)=C(F)F. The molecule has 0 aromatic heterocycles. The fourth-order valence-corrected chi connectivity index (χ4v) is 1.04. The van der Waals surface area contributed by atoms with Gasteiger partial charge in [0, 0.05) is 0 Å². The molecule has 1 nitrogen and oxygen atoms in total. The summed E-state index contributed by atoms with van der Waals surface area (Å²) in [5.74, 6) is -44.4. The Labute approximate surface area is 120 Å². The summed E-state index contributed by atoms with van der Waals surface area (Å²) in [6.45, 7) is 0. The van der Waals surface area contributed by atoms with Crippen molar-refractivity contribution in [3.05, 3.63) is 11.9 Å². The van der Waals surface area contributed by atoms with Gasteiger partial charge in [-0.05, 0) is 0 Å². The fraction of sp³-hybridized carbons (Fsp3) is 0.750. The highest BCUT2D eigenvalue weighted by atomic mass is 19.4. The predicted molar refractivity (Wildman–Crippen MR) is 42.3 cm³/mol. The van der Waals surface area contributed by atoms with Crippen LogP contribution in [-0.4, -0.2) is 40.8 Å². The Hall–Kier alpha value is -1.35. The number of halogens is 15. The first kappa shape index (κ1) is 22.6. The van der Waals surface area contributed by atoms with Gasteiger partial charge in [0.05, 0.1) is 0 Å². The van der Waals surface area contributed by atoms with Crippen molar-refractivity contribution in [2.24, 2.45) is 0 Å². The highest BCUT2D eigenvalue weighted by Gasteiger charge is 2.91. The van der Waals surface area contributed by atoms with E-state index in [1.807, 2.05) is 0 Å². The number of allylic oxidation sites excluding steroid dienone is 1. The Morgan fingerprint density at radius 2 is 0.792 bits per heavy atom. The molecule has 0 aliphatic heterocycles. The second kappa shape index (κ2) is 5.59. The molecule has 0 heterocycles. The highest BCUT2D eigenvalue weighted by molar-refractivity contribution is 5.18. The average molecular weight is 398 g/mol. The van der Waals surface area contributed by atoms with Gasteiger partial charge in [0.2, 0.25) is 5.83 Å². The van der Waals surface area contributed by atoms with Crippen molar-refractivity contribution in [1.29, 1.82) is 0 Å². The van der Waals surface area contributed by atoms with Crippen LogP contribution in [0.15, 0.2) is 11.9 Å². The molecule has 0 bridgehead atoms. The molecule has 0 rings (SSSR count). The molecule has 0 radical (unpaired) electrons. The van der Waals surface area contributed by atoms with Crippen LogP contribution >= 0.6 is 0 Å². The van der Waals surface area contributed by atoms with Crippen molar-refractivity contribution >= 4 is 0 Å². The summed E-state index contributed by atoms with van der Waals surface area (Å²) in [5.41, 5.74) is 0. The standard InChI is InChI=1S/C8HF15O/c9-1(2(10)11)3(12,13)4(14,15)5(16,17)6(18,19)7(20,21)8(22,23)24/h24H. The summed E-state index contributed by atoms with van der Waals surface area (Å²) in [5, 5.41) is 7.38. The van der Waals surface area contributed by atoms with Crippen LogP contribution in [0, 0.1) is 0 Å². The van der Waals surface area contributed by atoms with Crippen LogP contribution in [0.2, 0.25) is 0 Å². The van der Waals surface area contributed by atoms with Crippen LogP contribution in [0.1, 0.15) is 0 Å². The third-order valence-corrected chi connectivity index (χ3v) is 2.40. The van der Waals surface area contributed by atoms with Gasteiger partial charge < -0.3 is 5.11 Å². The summed E-state index contributed by atoms with van der Waals surface area (Å²) in [6, 6.07) is 0. The van der Waals surface area contributed by atoms with Gasteiger partial charge >= 0.3 is 41.8 Å². The summed E-state index contributed by atoms with van der Waals surface area (Å²) in [4.78, 5) is 0. The first-order valence-electron chi connectivity index (χ1n) is 4.81. The average Bonchev–Trinajstić information content (AvgIpc) is 2.35. The molecule has 24 heavy (non-hydrogen) atoms. The van der Waals surface area contributed by atoms with E-state index in [0.29, 0.717) is 0 Å². The van der Waals surface area contributed by atoms with Crippen LogP contribution in [-0.2, 0) is 0 Å². The van der Waals surface area contributed by atoms with Crippen molar-refractivity contribution in [2.45, 2.75) is 35.7 Å². The van der Waals surface area contributed by atoms with E-state index in [9.17, 15) is 65.9 Å². The van der Waals surface area contributed by atoms with E-state index in [0.717, 1.165) is 0 Å². The van der Waals surface area contributed by atoms with Crippen molar-refractivity contribution in [3.8, 4) is 0 Å². The van der Waals surface area contributed by atoms with Gasteiger partial charge in [-0.15, -0.1) is 0 Å². The van der Waals surface area contributed by atoms with Crippen molar-refractivity contribution < 1.29 is 71.0 Å². The van der Waals surface area contributed by atoms with E-state index in [4.69, 9.17) is 5.11 Å². The van der Waals surface area contributed by atoms with E-state index >= 15 is 0 Å². The van der Waals surface area contributed by atoms with E-state index in [2.05, 4.69) is 0 Å². The maximum Gasteiger partial charge on any atom is 0.423 e. The Kier molecular flexibility index (Phi) is 5.27. The topological polar surface area (TPSA) is 20.2 Å². The van der Waals surface area contributed by atoms with E-state index in [1.165, 1.54) is 0 Å². The number of alkyl halides is 12. The van der Waals surface area contributed by atoms with Crippen LogP contribution in [0.4, 0.5) is 65.9 Å². The quantitative estimate of drug-likeness (QED) is 0.636. The smallest absolute Gasteiger partial charge is 0.331 e. The molecule has 0 saturated carbocycles. The molecule has 0 aliphatic rings. The number of rotatable bonds is 6. The lowest BCUT2D eigenvalue weighted by Crippen LogP contribution is -2.70. The molecular formula is C8HF15O. The lowest BCUT2D eigenvalue weighted by atomic mass is 9.93. The molecular weight excluding hydrogens is 397 g/mol. The van der Waals surface area contributed by atoms with E-state index in [1.54, 1.807) is 0 Å². The highest BCUT2D eigenvalue weighted by Crippen LogP contribution is 2.60. The Morgan fingerprint density at radius 1 is 0.500 bits per heavy atom. The number of hydrogen-bond acceptors (Lipinski definition) is 1. The number of aliphatic hydroxyl groups is 1. The largest absolute Gasteiger partial charge is 0.423 e. The predicted octanol–water partition coefficient (Wildman–Crippen LogP) is 4.83. The first-order valence-corrected chi connectivity index (χ1v) is 4.81. The Morgan fingerprint density at radius 3 is 1.04 bits per heavy atom. The zero-order chi connectivity index (χ0) is 20.2. The maximum atomic E-state index is 12.8. The second-order valence-electron chi connectivity index (χ2n) is 3.99. The van der Waals surface area contributed by atoms with Gasteiger partial charge in [-0.2, -0.15) is 65.9 Å². The molecule has 16 heteroatoms. The fourth-order valence-electron chi connectivity index (χ4n) is 1.04. The minimum Gasteiger partial charge on any atom is -0.331 e. The zero-order valence-electron chi connectivity index (χ0n) is 10.1. The van der Waals surface area contributed by atoms with Crippen molar-refractivity contribution in [3.63, 3.8) is 0 Å². The zero-order valence-corrected chi connectivity index (χ0v) is 10.1. The van der Waals surface area contributed by atoms with Crippen LogP contribution in [0.5, 0.6) is 0 Å². The van der Waals surface area contributed by atoms with Crippen molar-refractivity contribution in [1.82, 2.24) is 0 Å². The van der Waals surface area contributed by atoms with E-state index in [-0.39, 0.29) is 0 Å². The minimum atomic E-state index is -8.23. The van der Waals surface area contributed by atoms with E-state index < -0.39 is 47.6 Å². The molecule has 0 unspecified atom stereocenters. The molecule has 144 valence electrons. The van der Waals surface area contributed by atoms with Crippen LogP contribution in [0.3, 0.4) is 0 Å². The second-order valence-corrected chi connectivity index (χ2v) is 3.99. The lowest BCUT2D eigenvalue weighted by molar-refractivity contribution is -0.450. The van der Waals surface area contributed by atoms with Gasteiger partial charge in [-0.25, -0.2) is 0 Å². The monoisotopic (exact) mass is 398 g/mol. The summed E-state index contributed by atoms with van der Waals surface area (Å²) < 4.78 is 185. The minimum absolute atomic E-state index is 4.40. The molecule has 0 aromatic carbocycles. The van der Waals surface area contributed by atoms with Crippen LogP contribution < -0.4 is 0 Å². The normalized spacial score (nSPS) is 15.5. The Bertz CT molecular complexity index is 508. The molecule has 0 spiro atoms. The van der Waals surface area contributed by atoms with Gasteiger partial charge in [0.15, 0.2) is 0 Å². The molecule has 0 atom stereocenters. The third kappa shape index (κ3) is 2.77. The molecule has 0 aliphatic carbocycles. The first-order chi connectivity index (χ1) is 10.1. The molecule has 0 aromatic rings.